The summed E-state index contributed by atoms with van der Waals surface area (Å²) in [5.74, 6) is -0.0985. The molecule has 1 unspecified atom stereocenters. The van der Waals surface area contributed by atoms with Gasteiger partial charge in [-0.15, -0.1) is 3.89 Å². The van der Waals surface area contributed by atoms with Gasteiger partial charge in [0.25, 0.3) is 5.91 Å². The van der Waals surface area contributed by atoms with E-state index in [-0.39, 0.29) is 31.1 Å². The van der Waals surface area contributed by atoms with Gasteiger partial charge in [-0.05, 0) is 58.5 Å². The number of rotatable bonds is 12. The zero-order valence-corrected chi connectivity index (χ0v) is 21.1. The van der Waals surface area contributed by atoms with Crippen LogP contribution in [0.2, 0.25) is 0 Å². The lowest BCUT2D eigenvalue weighted by Crippen LogP contribution is -2.37. The van der Waals surface area contributed by atoms with Gasteiger partial charge in [0.1, 0.15) is 6.29 Å². The second-order valence-electron chi connectivity index (χ2n) is 7.72. The maximum atomic E-state index is 12.9. The van der Waals surface area contributed by atoms with Crippen LogP contribution in [0.4, 0.5) is 3.89 Å². The molecular formula is C24H25BrFN3O4S. The Kier molecular flexibility index (Phi) is 9.64. The number of amides is 2. The fourth-order valence-corrected chi connectivity index (χ4v) is 4.01. The second kappa shape index (κ2) is 12.7. The molecule has 0 saturated heterocycles. The molecule has 2 amide bonds. The highest BCUT2D eigenvalue weighted by atomic mass is 79.9. The Morgan fingerprint density at radius 2 is 2.21 bits per heavy atom. The Bertz CT molecular complexity index is 1050. The largest absolute Gasteiger partial charge is 0.478 e. The van der Waals surface area contributed by atoms with Crippen LogP contribution in [0, 0.1) is 0 Å². The predicted octanol–water partition coefficient (Wildman–Crippen LogP) is 5.01. The number of carbonyl (C=O) groups is 3. The molecule has 1 aliphatic heterocycles. The van der Waals surface area contributed by atoms with Crippen molar-refractivity contribution in [2.45, 2.75) is 38.3 Å². The SMILES string of the molecule is CN(SF)C(=O)CCC(C=O)N1Cc2c(/C=C/CCCOc3ccc(Br)cn3)cccc2C1=O. The second-order valence-corrected chi connectivity index (χ2v) is 9.32. The Morgan fingerprint density at radius 1 is 1.38 bits per heavy atom. The Morgan fingerprint density at radius 3 is 2.91 bits per heavy atom. The van der Waals surface area contributed by atoms with Crippen molar-refractivity contribution in [3.05, 3.63) is 63.8 Å². The summed E-state index contributed by atoms with van der Waals surface area (Å²) in [6.45, 7) is 0.826. The van der Waals surface area contributed by atoms with Crippen LogP contribution in [0.1, 0.15) is 47.2 Å². The van der Waals surface area contributed by atoms with Gasteiger partial charge in [0, 0.05) is 42.3 Å². The molecule has 34 heavy (non-hydrogen) atoms. The van der Waals surface area contributed by atoms with Crippen molar-refractivity contribution in [2.24, 2.45) is 0 Å². The zero-order valence-electron chi connectivity index (χ0n) is 18.7. The van der Waals surface area contributed by atoms with Gasteiger partial charge < -0.3 is 14.4 Å². The van der Waals surface area contributed by atoms with Crippen molar-refractivity contribution in [3.63, 3.8) is 0 Å². The standard InChI is InChI=1S/C24H25BrFN3O4S/c1-28(34-26)23(31)12-10-19(16-30)29-15-21-17(7-5-8-20(21)24(29)32)6-3-2-4-13-33-22-11-9-18(25)14-27-22/h3,5-9,11,14,16,19H,2,4,10,12-13,15H2,1H3/b6-3+. The molecule has 1 aromatic carbocycles. The van der Waals surface area contributed by atoms with E-state index < -0.39 is 11.9 Å². The molecule has 0 bridgehead atoms. The van der Waals surface area contributed by atoms with Crippen LogP contribution in [0.5, 0.6) is 5.88 Å². The van der Waals surface area contributed by atoms with Crippen molar-refractivity contribution in [3.8, 4) is 5.88 Å². The molecular weight excluding hydrogens is 525 g/mol. The van der Waals surface area contributed by atoms with E-state index in [9.17, 15) is 18.3 Å². The summed E-state index contributed by atoms with van der Waals surface area (Å²) >= 11 is 3.16. The Labute approximate surface area is 210 Å². The molecule has 180 valence electrons. The third kappa shape index (κ3) is 6.66. The minimum absolute atomic E-state index is 0.0262. The highest BCUT2D eigenvalue weighted by molar-refractivity contribution is 9.10. The van der Waals surface area contributed by atoms with Gasteiger partial charge >= 0.3 is 0 Å². The van der Waals surface area contributed by atoms with Crippen molar-refractivity contribution < 1.29 is 23.0 Å². The molecule has 0 N–H and O–H groups in total. The number of fused-ring (bicyclic) bond motifs is 1. The van der Waals surface area contributed by atoms with Crippen LogP contribution in [-0.4, -0.2) is 52.0 Å². The maximum absolute atomic E-state index is 12.9. The third-order valence-corrected chi connectivity index (χ3v) is 6.34. The summed E-state index contributed by atoms with van der Waals surface area (Å²) in [4.78, 5) is 42.1. The number of allylic oxidation sites excluding steroid dienone is 1. The van der Waals surface area contributed by atoms with Gasteiger partial charge in [-0.25, -0.2) is 4.98 Å². The minimum Gasteiger partial charge on any atom is -0.478 e. The molecule has 1 aromatic heterocycles. The number of halogens is 2. The monoisotopic (exact) mass is 549 g/mol. The lowest BCUT2D eigenvalue weighted by Gasteiger charge is -2.23. The fourth-order valence-electron chi connectivity index (χ4n) is 3.60. The van der Waals surface area contributed by atoms with Crippen molar-refractivity contribution in [1.29, 1.82) is 0 Å². The number of pyridine rings is 1. The van der Waals surface area contributed by atoms with Crippen LogP contribution < -0.4 is 4.74 Å². The summed E-state index contributed by atoms with van der Waals surface area (Å²) in [6.07, 6.45) is 8.08. The number of unbranched alkanes of at least 4 members (excludes halogenated alkanes) is 1. The van der Waals surface area contributed by atoms with Crippen LogP contribution in [-0.2, 0) is 16.1 Å². The molecule has 0 aliphatic carbocycles. The van der Waals surface area contributed by atoms with E-state index in [1.165, 1.54) is 11.9 Å². The number of carbonyl (C=O) groups excluding carboxylic acids is 3. The van der Waals surface area contributed by atoms with Crippen molar-refractivity contribution >= 4 is 52.4 Å². The van der Waals surface area contributed by atoms with Crippen molar-refractivity contribution in [2.75, 3.05) is 13.7 Å². The molecule has 0 radical (unpaired) electrons. The van der Waals surface area contributed by atoms with E-state index in [1.54, 1.807) is 18.3 Å². The van der Waals surface area contributed by atoms with Gasteiger partial charge in [-0.1, -0.05) is 24.3 Å². The quantitative estimate of drug-likeness (QED) is 0.210. The molecule has 0 spiro atoms. The minimum atomic E-state index is -0.747. The van der Waals surface area contributed by atoms with E-state index in [4.69, 9.17) is 4.74 Å². The van der Waals surface area contributed by atoms with Crippen LogP contribution in [0.3, 0.4) is 0 Å². The Hall–Kier alpha value is -2.72. The molecule has 2 aromatic rings. The number of benzene rings is 1. The highest BCUT2D eigenvalue weighted by Crippen LogP contribution is 2.29. The van der Waals surface area contributed by atoms with Gasteiger partial charge in [-0.2, -0.15) is 0 Å². The molecule has 2 heterocycles. The fraction of sp³-hybridized carbons (Fsp3) is 0.333. The molecule has 3 rings (SSSR count). The average Bonchev–Trinajstić information content (AvgIpc) is 3.19. The van der Waals surface area contributed by atoms with E-state index >= 15 is 0 Å². The summed E-state index contributed by atoms with van der Waals surface area (Å²) in [5.41, 5.74) is 2.33. The van der Waals surface area contributed by atoms with E-state index in [1.807, 2.05) is 30.4 Å². The van der Waals surface area contributed by atoms with E-state index in [0.717, 1.165) is 32.7 Å². The number of aromatic nitrogens is 1. The van der Waals surface area contributed by atoms with Gasteiger partial charge in [0.2, 0.25) is 11.8 Å². The smallest absolute Gasteiger partial charge is 0.255 e. The first kappa shape index (κ1) is 25.9. The summed E-state index contributed by atoms with van der Waals surface area (Å²) in [5, 5.41) is 0. The zero-order chi connectivity index (χ0) is 24.5. The highest BCUT2D eigenvalue weighted by Gasteiger charge is 2.33. The first-order chi connectivity index (χ1) is 16.4. The molecule has 1 aliphatic rings. The molecule has 7 nitrogen and oxygen atoms in total. The summed E-state index contributed by atoms with van der Waals surface area (Å²) in [6, 6.07) is 8.42. The predicted molar refractivity (Wildman–Crippen MR) is 133 cm³/mol. The van der Waals surface area contributed by atoms with E-state index in [0.29, 0.717) is 30.9 Å². The first-order valence-electron chi connectivity index (χ1n) is 10.8. The number of aldehydes is 1. The first-order valence-corrected chi connectivity index (χ1v) is 12.3. The number of hydrogen-bond acceptors (Lipinski definition) is 6. The average molecular weight is 550 g/mol. The topological polar surface area (TPSA) is 79.8 Å². The molecule has 10 heteroatoms. The number of hydrogen-bond donors (Lipinski definition) is 0. The molecule has 0 fully saturated rings. The Balaban J connectivity index is 1.55. The van der Waals surface area contributed by atoms with Gasteiger partial charge in [-0.3, -0.25) is 13.9 Å². The number of ether oxygens (including phenoxy) is 1. The third-order valence-electron chi connectivity index (χ3n) is 5.46. The van der Waals surface area contributed by atoms with Crippen molar-refractivity contribution in [1.82, 2.24) is 14.2 Å². The number of nitrogens with zero attached hydrogens (tertiary/aromatic N) is 3. The molecule has 1 atom stereocenters. The van der Waals surface area contributed by atoms with Crippen LogP contribution in [0.25, 0.3) is 6.08 Å². The molecule has 0 saturated carbocycles. The van der Waals surface area contributed by atoms with Crippen LogP contribution in [0.15, 0.2) is 47.1 Å². The van der Waals surface area contributed by atoms with E-state index in [2.05, 4.69) is 20.9 Å². The van der Waals surface area contributed by atoms with Gasteiger partial charge in [0.15, 0.2) is 12.3 Å². The lowest BCUT2D eigenvalue weighted by atomic mass is 10.0. The normalized spacial score (nSPS) is 13.7. The lowest BCUT2D eigenvalue weighted by molar-refractivity contribution is -0.125. The summed E-state index contributed by atoms with van der Waals surface area (Å²) in [7, 11) is 1.32. The maximum Gasteiger partial charge on any atom is 0.255 e. The van der Waals surface area contributed by atoms with Gasteiger partial charge in [0.05, 0.1) is 12.6 Å². The van der Waals surface area contributed by atoms with Crippen LogP contribution >= 0.6 is 28.3 Å². The summed E-state index contributed by atoms with van der Waals surface area (Å²) < 4.78 is 19.9.